The Hall–Kier alpha value is -3.85. The van der Waals surface area contributed by atoms with Gasteiger partial charge in [0.25, 0.3) is 0 Å². The van der Waals surface area contributed by atoms with E-state index < -0.39 is 0 Å². The van der Waals surface area contributed by atoms with Crippen molar-refractivity contribution in [3.05, 3.63) is 75.5 Å². The third-order valence-electron chi connectivity index (χ3n) is 4.76. The molecule has 0 saturated heterocycles. The highest BCUT2D eigenvalue weighted by atomic mass is 32.1. The molecule has 0 atom stereocenters. The highest BCUT2D eigenvalue weighted by Crippen LogP contribution is 2.26. The van der Waals surface area contributed by atoms with E-state index in [9.17, 15) is 9.59 Å². The Morgan fingerprint density at radius 1 is 1.12 bits per heavy atom. The zero-order chi connectivity index (χ0) is 22.7. The van der Waals surface area contributed by atoms with E-state index in [4.69, 9.17) is 4.74 Å². The molecule has 32 heavy (non-hydrogen) atoms. The number of aryl methyl sites for hydroxylation is 1. The minimum absolute atomic E-state index is 0.0974. The van der Waals surface area contributed by atoms with Crippen molar-refractivity contribution in [2.75, 3.05) is 7.11 Å². The van der Waals surface area contributed by atoms with Crippen LogP contribution in [-0.2, 0) is 11.2 Å². The zero-order valence-electron chi connectivity index (χ0n) is 17.8. The lowest BCUT2D eigenvalue weighted by molar-refractivity contribution is -0.116. The van der Waals surface area contributed by atoms with Gasteiger partial charge < -0.3 is 4.74 Å². The normalized spacial score (nSPS) is 11.2. The maximum absolute atomic E-state index is 12.9. The molecule has 0 aliphatic heterocycles. The number of rotatable bonds is 7. The number of ether oxygens (including phenoxy) is 1. The minimum Gasteiger partial charge on any atom is -0.497 e. The first kappa shape index (κ1) is 21.4. The molecule has 0 spiro atoms. The summed E-state index contributed by atoms with van der Waals surface area (Å²) in [5.74, 6) is 0.865. The fraction of sp³-hybridized carbons (Fsp3) is 0.174. The third-order valence-corrected chi connectivity index (χ3v) is 5.59. The van der Waals surface area contributed by atoms with Crippen molar-refractivity contribution in [2.24, 2.45) is 10.2 Å². The molecule has 0 amide bonds. The van der Waals surface area contributed by atoms with Gasteiger partial charge in [-0.2, -0.15) is 9.80 Å². The number of carbonyl (C=O) groups is 1. The number of Topliss-reactive ketones (excluding diaryl/α,β-unsaturated/α-hetero) is 1. The van der Waals surface area contributed by atoms with Crippen LogP contribution in [0.1, 0.15) is 18.2 Å². The number of nitrogens with one attached hydrogen (secondary N) is 1. The molecule has 0 fully saturated rings. The number of hydrogen-bond donors (Lipinski definition) is 1. The van der Waals surface area contributed by atoms with Crippen molar-refractivity contribution in [2.45, 2.75) is 20.3 Å². The molecule has 2 aromatic carbocycles. The summed E-state index contributed by atoms with van der Waals surface area (Å²) < 4.78 is 6.56. The Balaban J connectivity index is 1.57. The van der Waals surface area contributed by atoms with Gasteiger partial charge in [0.1, 0.15) is 11.5 Å². The van der Waals surface area contributed by atoms with E-state index >= 15 is 0 Å². The molecule has 2 aromatic heterocycles. The van der Waals surface area contributed by atoms with Crippen molar-refractivity contribution in [3.63, 3.8) is 0 Å². The Morgan fingerprint density at radius 3 is 2.50 bits per heavy atom. The van der Waals surface area contributed by atoms with E-state index in [1.165, 1.54) is 16.0 Å². The number of methoxy groups -OCH3 is 1. The minimum atomic E-state index is -0.324. The number of hydrogen-bond acceptors (Lipinski definition) is 7. The molecule has 2 heterocycles. The van der Waals surface area contributed by atoms with Crippen LogP contribution in [0.15, 0.2) is 68.9 Å². The number of ketones is 1. The van der Waals surface area contributed by atoms with Gasteiger partial charge in [0.2, 0.25) is 5.13 Å². The van der Waals surface area contributed by atoms with E-state index in [-0.39, 0.29) is 17.0 Å². The van der Waals surface area contributed by atoms with E-state index in [1.807, 2.05) is 41.8 Å². The maximum Gasteiger partial charge on any atom is 0.301 e. The monoisotopic (exact) mass is 447 g/mol. The predicted molar refractivity (Wildman–Crippen MR) is 124 cm³/mol. The largest absolute Gasteiger partial charge is 0.497 e. The quantitative estimate of drug-likeness (QED) is 0.396. The van der Waals surface area contributed by atoms with Gasteiger partial charge in [-0.05, 0) is 55.8 Å². The van der Waals surface area contributed by atoms with Crippen LogP contribution in [-0.4, -0.2) is 27.7 Å². The average molecular weight is 448 g/mol. The van der Waals surface area contributed by atoms with Crippen LogP contribution in [0.25, 0.3) is 16.4 Å². The summed E-state index contributed by atoms with van der Waals surface area (Å²) in [5, 5.41) is 13.8. The fourth-order valence-corrected chi connectivity index (χ4v) is 3.92. The molecule has 0 unspecified atom stereocenters. The summed E-state index contributed by atoms with van der Waals surface area (Å²) >= 11 is 1.35. The fourth-order valence-electron chi connectivity index (χ4n) is 3.13. The molecule has 162 valence electrons. The highest BCUT2D eigenvalue weighted by Gasteiger charge is 2.15. The van der Waals surface area contributed by atoms with Crippen LogP contribution in [0.5, 0.6) is 5.75 Å². The number of aromatic amines is 1. The Kier molecular flexibility index (Phi) is 6.09. The smallest absolute Gasteiger partial charge is 0.301 e. The second-order valence-corrected chi connectivity index (χ2v) is 8.05. The summed E-state index contributed by atoms with van der Waals surface area (Å²) in [7, 11) is 1.62. The van der Waals surface area contributed by atoms with Crippen LogP contribution >= 0.6 is 11.3 Å². The van der Waals surface area contributed by atoms with Gasteiger partial charge in [-0.3, -0.25) is 14.7 Å². The zero-order valence-corrected chi connectivity index (χ0v) is 18.6. The molecular formula is C23H21N5O3S. The second-order valence-electron chi connectivity index (χ2n) is 7.22. The molecule has 0 radical (unpaired) electrons. The molecule has 8 nitrogen and oxygen atoms in total. The van der Waals surface area contributed by atoms with Gasteiger partial charge in [0.15, 0.2) is 5.69 Å². The van der Waals surface area contributed by atoms with Crippen molar-refractivity contribution in [1.29, 1.82) is 0 Å². The first-order valence-corrected chi connectivity index (χ1v) is 10.7. The van der Waals surface area contributed by atoms with Crippen LogP contribution in [0.3, 0.4) is 0 Å². The van der Waals surface area contributed by atoms with Crippen LogP contribution in [0.2, 0.25) is 0 Å². The Bertz CT molecular complexity index is 1330. The lowest BCUT2D eigenvalue weighted by Crippen LogP contribution is -2.13. The van der Waals surface area contributed by atoms with E-state index in [2.05, 4.69) is 20.3 Å². The van der Waals surface area contributed by atoms with E-state index in [1.54, 1.807) is 33.1 Å². The first-order valence-electron chi connectivity index (χ1n) is 9.86. The van der Waals surface area contributed by atoms with Gasteiger partial charge in [-0.15, -0.1) is 16.5 Å². The number of benzene rings is 2. The van der Waals surface area contributed by atoms with Crippen LogP contribution < -0.4 is 10.3 Å². The molecule has 4 aromatic rings. The van der Waals surface area contributed by atoms with Crippen LogP contribution in [0, 0.1) is 6.92 Å². The van der Waals surface area contributed by atoms with Crippen molar-refractivity contribution < 1.29 is 9.53 Å². The molecule has 4 rings (SSSR count). The summed E-state index contributed by atoms with van der Waals surface area (Å²) in [6.45, 7) is 3.32. The molecule has 0 bridgehead atoms. The van der Waals surface area contributed by atoms with Gasteiger partial charge in [-0.25, -0.2) is 4.98 Å². The van der Waals surface area contributed by atoms with Crippen molar-refractivity contribution in [3.8, 4) is 22.1 Å². The number of thiazole rings is 1. The topological polar surface area (TPSA) is 102 Å². The van der Waals surface area contributed by atoms with Gasteiger partial charge >= 0.3 is 5.56 Å². The summed E-state index contributed by atoms with van der Waals surface area (Å²) in [6.07, 6.45) is 0.380. The first-order chi connectivity index (χ1) is 15.4. The van der Waals surface area contributed by atoms with Gasteiger partial charge in [0.05, 0.1) is 24.2 Å². The number of azo groups is 1. The van der Waals surface area contributed by atoms with E-state index in [0.29, 0.717) is 22.9 Å². The second kappa shape index (κ2) is 9.11. The number of nitrogens with zero attached hydrogens (tertiary/aromatic N) is 4. The molecular weight excluding hydrogens is 426 g/mol. The number of aromatic nitrogens is 3. The average Bonchev–Trinajstić information content (AvgIpc) is 3.38. The molecule has 0 aliphatic rings. The van der Waals surface area contributed by atoms with Gasteiger partial charge in [-0.1, -0.05) is 12.1 Å². The Morgan fingerprint density at radius 2 is 1.84 bits per heavy atom. The van der Waals surface area contributed by atoms with Crippen molar-refractivity contribution >= 4 is 28.5 Å². The van der Waals surface area contributed by atoms with Crippen molar-refractivity contribution in [1.82, 2.24) is 14.8 Å². The SMILES string of the molecule is COc1ccc(-c2csc(-n3[nH]c(C)c(N=Nc4ccc(CC(C)=O)cc4)c3=O)n2)cc1. The Labute approximate surface area is 188 Å². The highest BCUT2D eigenvalue weighted by molar-refractivity contribution is 7.12. The molecule has 1 N–H and O–H groups in total. The third kappa shape index (κ3) is 4.57. The number of H-pyrrole nitrogens is 1. The lowest BCUT2D eigenvalue weighted by Gasteiger charge is -2.00. The lowest BCUT2D eigenvalue weighted by atomic mass is 10.1. The number of carbonyl (C=O) groups excluding carboxylic acids is 1. The molecule has 0 aliphatic carbocycles. The maximum atomic E-state index is 12.9. The molecule has 0 saturated carbocycles. The summed E-state index contributed by atoms with van der Waals surface area (Å²) in [5.41, 5.74) is 3.69. The summed E-state index contributed by atoms with van der Waals surface area (Å²) in [6, 6.07) is 14.8. The van der Waals surface area contributed by atoms with Gasteiger partial charge in [0, 0.05) is 17.4 Å². The van der Waals surface area contributed by atoms with Crippen LogP contribution in [0.4, 0.5) is 11.4 Å². The standard InChI is InChI=1S/C23H21N5O3S/c1-14(29)12-16-4-8-18(9-5-16)25-26-21-15(2)27-28(22(21)30)23-24-20(13-32-23)17-6-10-19(31-3)11-7-17/h4-11,13,27H,12H2,1-3H3. The predicted octanol–water partition coefficient (Wildman–Crippen LogP) is 5.15. The molecule has 9 heteroatoms. The van der Waals surface area contributed by atoms with E-state index in [0.717, 1.165) is 22.6 Å². The summed E-state index contributed by atoms with van der Waals surface area (Å²) in [4.78, 5) is 28.7.